The average molecular weight is 304 g/mol. The summed E-state index contributed by atoms with van der Waals surface area (Å²) in [5.74, 6) is 0.138. The third-order valence-corrected chi connectivity index (χ3v) is 5.22. The molecule has 3 rings (SSSR count). The molecular weight excluding hydrogens is 284 g/mol. The van der Waals surface area contributed by atoms with E-state index in [9.17, 15) is 4.79 Å². The third kappa shape index (κ3) is 2.85. The quantitative estimate of drug-likeness (QED) is 0.872. The first-order valence-electron chi connectivity index (χ1n) is 7.43. The summed E-state index contributed by atoms with van der Waals surface area (Å²) in [6.07, 6.45) is 6.73. The Hall–Kier alpha value is -1.69. The van der Waals surface area contributed by atoms with Crippen molar-refractivity contribution in [2.45, 2.75) is 45.7 Å². The Balaban J connectivity index is 1.77. The molecule has 0 aromatic carbocycles. The molecule has 1 amide bonds. The van der Waals surface area contributed by atoms with Crippen LogP contribution in [0.3, 0.4) is 0 Å². The molecule has 6 heteroatoms. The predicted molar refractivity (Wildman–Crippen MR) is 82.5 cm³/mol. The molecule has 5 nitrogen and oxygen atoms in total. The number of hydrogen-bond acceptors (Lipinski definition) is 4. The van der Waals surface area contributed by atoms with Gasteiger partial charge in [-0.25, -0.2) is 4.98 Å². The van der Waals surface area contributed by atoms with Crippen LogP contribution >= 0.6 is 11.3 Å². The molecule has 21 heavy (non-hydrogen) atoms. The van der Waals surface area contributed by atoms with Gasteiger partial charge in [0.2, 0.25) is 0 Å². The highest BCUT2D eigenvalue weighted by Gasteiger charge is 2.31. The molecule has 2 aromatic rings. The molecular formula is C15H20N4OS. The summed E-state index contributed by atoms with van der Waals surface area (Å²) >= 11 is 1.54. The highest BCUT2D eigenvalue weighted by Crippen LogP contribution is 2.26. The standard InChI is InChI=1S/C15H20N4OS/c1-3-13-17-11(2)14(21-13)15(20)19-9-4-6-12(19)10-18-8-5-7-16-18/h5,7-8,12H,3-4,6,9-10H2,1-2H3/t12-/m1/s1. The number of amides is 1. The summed E-state index contributed by atoms with van der Waals surface area (Å²) in [7, 11) is 0. The minimum atomic E-state index is 0.138. The van der Waals surface area contributed by atoms with Gasteiger partial charge < -0.3 is 4.90 Å². The minimum absolute atomic E-state index is 0.138. The zero-order chi connectivity index (χ0) is 14.8. The van der Waals surface area contributed by atoms with Crippen molar-refractivity contribution in [3.05, 3.63) is 34.0 Å². The molecule has 0 aliphatic carbocycles. The Kier molecular flexibility index (Phi) is 4.05. The fourth-order valence-corrected chi connectivity index (χ4v) is 3.81. The van der Waals surface area contributed by atoms with E-state index in [2.05, 4.69) is 17.0 Å². The summed E-state index contributed by atoms with van der Waals surface area (Å²) in [6.45, 7) is 5.62. The molecule has 112 valence electrons. The molecule has 0 saturated carbocycles. The maximum absolute atomic E-state index is 12.8. The Morgan fingerprint density at radius 1 is 1.52 bits per heavy atom. The summed E-state index contributed by atoms with van der Waals surface area (Å²) in [5.41, 5.74) is 0.867. The zero-order valence-electron chi connectivity index (χ0n) is 12.5. The maximum Gasteiger partial charge on any atom is 0.266 e. The van der Waals surface area contributed by atoms with Crippen LogP contribution in [-0.4, -0.2) is 38.2 Å². The van der Waals surface area contributed by atoms with E-state index >= 15 is 0 Å². The molecule has 0 bridgehead atoms. The van der Waals surface area contributed by atoms with Gasteiger partial charge >= 0.3 is 0 Å². The summed E-state index contributed by atoms with van der Waals surface area (Å²) < 4.78 is 1.91. The van der Waals surface area contributed by atoms with E-state index in [1.807, 2.05) is 28.8 Å². The molecule has 1 aliphatic heterocycles. The number of rotatable bonds is 4. The van der Waals surface area contributed by atoms with Crippen molar-refractivity contribution >= 4 is 17.2 Å². The predicted octanol–water partition coefficient (Wildman–Crippen LogP) is 2.52. The number of carbonyl (C=O) groups is 1. The van der Waals surface area contributed by atoms with Crippen molar-refractivity contribution in [3.8, 4) is 0 Å². The topological polar surface area (TPSA) is 51.0 Å². The van der Waals surface area contributed by atoms with Crippen LogP contribution in [-0.2, 0) is 13.0 Å². The van der Waals surface area contributed by atoms with Crippen LogP contribution in [0.5, 0.6) is 0 Å². The van der Waals surface area contributed by atoms with Crippen LogP contribution in [0.2, 0.25) is 0 Å². The highest BCUT2D eigenvalue weighted by atomic mass is 32.1. The van der Waals surface area contributed by atoms with Crippen molar-refractivity contribution < 1.29 is 4.79 Å². The number of nitrogens with zero attached hydrogens (tertiary/aromatic N) is 4. The molecule has 0 unspecified atom stereocenters. The van der Waals surface area contributed by atoms with Crippen molar-refractivity contribution in [2.24, 2.45) is 0 Å². The highest BCUT2D eigenvalue weighted by molar-refractivity contribution is 7.13. The number of aryl methyl sites for hydroxylation is 2. The third-order valence-electron chi connectivity index (χ3n) is 3.93. The van der Waals surface area contributed by atoms with Crippen LogP contribution in [0.15, 0.2) is 18.5 Å². The first-order chi connectivity index (χ1) is 10.2. The van der Waals surface area contributed by atoms with Gasteiger partial charge in [0.15, 0.2) is 0 Å². The summed E-state index contributed by atoms with van der Waals surface area (Å²) in [4.78, 5) is 20.1. The van der Waals surface area contributed by atoms with Gasteiger partial charge in [-0.2, -0.15) is 5.10 Å². The first kappa shape index (κ1) is 14.3. The van der Waals surface area contributed by atoms with E-state index < -0.39 is 0 Å². The van der Waals surface area contributed by atoms with Crippen molar-refractivity contribution in [1.29, 1.82) is 0 Å². The van der Waals surface area contributed by atoms with Crippen molar-refractivity contribution in [1.82, 2.24) is 19.7 Å². The average Bonchev–Trinajstić information content (AvgIpc) is 3.19. The normalized spacial score (nSPS) is 18.4. The van der Waals surface area contributed by atoms with E-state index in [1.54, 1.807) is 6.20 Å². The lowest BCUT2D eigenvalue weighted by Crippen LogP contribution is -2.38. The molecule has 0 N–H and O–H groups in total. The minimum Gasteiger partial charge on any atom is -0.333 e. The van der Waals surface area contributed by atoms with Crippen LogP contribution in [0.1, 0.15) is 40.1 Å². The molecule has 1 aliphatic rings. The molecule has 2 aromatic heterocycles. The Bertz CT molecular complexity index is 620. The van der Waals surface area contributed by atoms with E-state index in [-0.39, 0.29) is 11.9 Å². The van der Waals surface area contributed by atoms with Gasteiger partial charge in [-0.05, 0) is 32.3 Å². The second kappa shape index (κ2) is 5.97. The van der Waals surface area contributed by atoms with Crippen molar-refractivity contribution in [3.63, 3.8) is 0 Å². The molecule has 1 atom stereocenters. The second-order valence-electron chi connectivity index (χ2n) is 5.40. The van der Waals surface area contributed by atoms with Crippen LogP contribution in [0.25, 0.3) is 0 Å². The van der Waals surface area contributed by atoms with Crippen molar-refractivity contribution in [2.75, 3.05) is 6.54 Å². The van der Waals surface area contributed by atoms with Gasteiger partial charge in [0.1, 0.15) is 4.88 Å². The van der Waals surface area contributed by atoms with E-state index in [0.29, 0.717) is 0 Å². The lowest BCUT2D eigenvalue weighted by atomic mass is 10.2. The Morgan fingerprint density at radius 3 is 3.05 bits per heavy atom. The molecule has 1 fully saturated rings. The maximum atomic E-state index is 12.8. The molecule has 3 heterocycles. The first-order valence-corrected chi connectivity index (χ1v) is 8.25. The Labute approximate surface area is 128 Å². The SMILES string of the molecule is CCc1nc(C)c(C(=O)N2CCC[C@@H]2Cn2cccn2)s1. The number of carbonyl (C=O) groups excluding carboxylic acids is 1. The van der Waals surface area contributed by atoms with Gasteiger partial charge in [0, 0.05) is 18.9 Å². The van der Waals surface area contributed by atoms with Crippen LogP contribution in [0.4, 0.5) is 0 Å². The monoisotopic (exact) mass is 304 g/mol. The molecule has 0 radical (unpaired) electrons. The largest absolute Gasteiger partial charge is 0.333 e. The zero-order valence-corrected chi connectivity index (χ0v) is 13.3. The van der Waals surface area contributed by atoms with Crippen LogP contribution in [0, 0.1) is 6.92 Å². The fourth-order valence-electron chi connectivity index (χ4n) is 2.85. The van der Waals surface area contributed by atoms with Gasteiger partial charge in [-0.3, -0.25) is 9.48 Å². The van der Waals surface area contributed by atoms with Crippen LogP contribution < -0.4 is 0 Å². The van der Waals surface area contributed by atoms with Gasteiger partial charge in [-0.15, -0.1) is 11.3 Å². The number of likely N-dealkylation sites (tertiary alicyclic amines) is 1. The van der Waals surface area contributed by atoms with Gasteiger partial charge in [0.05, 0.1) is 23.3 Å². The second-order valence-corrected chi connectivity index (χ2v) is 6.48. The lowest BCUT2D eigenvalue weighted by Gasteiger charge is -2.24. The smallest absolute Gasteiger partial charge is 0.266 e. The number of hydrogen-bond donors (Lipinski definition) is 0. The summed E-state index contributed by atoms with van der Waals surface area (Å²) in [6, 6.07) is 2.16. The lowest BCUT2D eigenvalue weighted by molar-refractivity contribution is 0.0725. The van der Waals surface area contributed by atoms with E-state index in [1.165, 1.54) is 11.3 Å². The van der Waals surface area contributed by atoms with E-state index in [0.717, 1.165) is 47.9 Å². The van der Waals surface area contributed by atoms with E-state index in [4.69, 9.17) is 0 Å². The Morgan fingerprint density at radius 2 is 2.38 bits per heavy atom. The molecule has 0 spiro atoms. The number of aromatic nitrogens is 3. The summed E-state index contributed by atoms with van der Waals surface area (Å²) in [5, 5.41) is 5.29. The number of thiazole rings is 1. The fraction of sp³-hybridized carbons (Fsp3) is 0.533. The molecule has 1 saturated heterocycles. The van der Waals surface area contributed by atoms with Gasteiger partial charge in [0.25, 0.3) is 5.91 Å². The van der Waals surface area contributed by atoms with Gasteiger partial charge in [-0.1, -0.05) is 6.92 Å².